The summed E-state index contributed by atoms with van der Waals surface area (Å²) in [6, 6.07) is 9.98. The molecule has 0 aromatic heterocycles. The minimum absolute atomic E-state index is 0.108. The lowest BCUT2D eigenvalue weighted by molar-refractivity contribution is -0.121. The highest BCUT2D eigenvalue weighted by Gasteiger charge is 2.20. The Bertz CT molecular complexity index is 983. The SMILES string of the molecule is Cc1cc(C)c(S(=O)(=O)NCCC(=O)NNC(=O)c2ccccc2Cl)c(C)c1. The Balaban J connectivity index is 1.88. The first-order chi connectivity index (χ1) is 13.1. The van der Waals surface area contributed by atoms with E-state index in [0.29, 0.717) is 11.1 Å². The van der Waals surface area contributed by atoms with Gasteiger partial charge in [-0.2, -0.15) is 0 Å². The Labute approximate surface area is 169 Å². The third-order valence-corrected chi connectivity index (χ3v) is 6.05. The molecule has 0 aliphatic rings. The number of carbonyl (C=O) groups excluding carboxylic acids is 2. The van der Waals surface area contributed by atoms with Crippen LogP contribution in [0.25, 0.3) is 0 Å². The van der Waals surface area contributed by atoms with Crippen LogP contribution in [0.15, 0.2) is 41.3 Å². The highest BCUT2D eigenvalue weighted by atomic mass is 35.5. The first kappa shape index (κ1) is 21.9. The van der Waals surface area contributed by atoms with Gasteiger partial charge < -0.3 is 0 Å². The van der Waals surface area contributed by atoms with E-state index in [1.54, 1.807) is 44.2 Å². The number of hydrazine groups is 1. The number of hydrogen-bond acceptors (Lipinski definition) is 4. The Morgan fingerprint density at radius 3 is 2.21 bits per heavy atom. The summed E-state index contributed by atoms with van der Waals surface area (Å²) in [5.74, 6) is -1.11. The molecule has 3 N–H and O–H groups in total. The molecule has 7 nitrogen and oxygen atoms in total. The number of rotatable bonds is 6. The van der Waals surface area contributed by atoms with E-state index in [1.165, 1.54) is 6.07 Å². The van der Waals surface area contributed by atoms with Crippen molar-refractivity contribution in [3.05, 3.63) is 63.7 Å². The smallest absolute Gasteiger partial charge is 0.271 e. The summed E-state index contributed by atoms with van der Waals surface area (Å²) in [5, 5.41) is 0.255. The molecule has 28 heavy (non-hydrogen) atoms. The molecular formula is C19H22ClN3O4S. The summed E-state index contributed by atoms with van der Waals surface area (Å²) in [6.07, 6.45) is -0.147. The molecule has 0 aliphatic carbocycles. The molecule has 0 atom stereocenters. The summed E-state index contributed by atoms with van der Waals surface area (Å²) >= 11 is 5.91. The van der Waals surface area contributed by atoms with Gasteiger partial charge in [-0.3, -0.25) is 20.4 Å². The van der Waals surface area contributed by atoms with Crippen molar-refractivity contribution in [3.63, 3.8) is 0 Å². The first-order valence-corrected chi connectivity index (χ1v) is 10.4. The largest absolute Gasteiger partial charge is 0.273 e. The van der Waals surface area contributed by atoms with Gasteiger partial charge in [0.15, 0.2) is 0 Å². The maximum absolute atomic E-state index is 12.5. The quantitative estimate of drug-likeness (QED) is 0.620. The third-order valence-electron chi connectivity index (χ3n) is 3.95. The van der Waals surface area contributed by atoms with E-state index in [4.69, 9.17) is 11.6 Å². The second kappa shape index (κ2) is 9.18. The van der Waals surface area contributed by atoms with Gasteiger partial charge in [-0.1, -0.05) is 41.4 Å². The summed E-state index contributed by atoms with van der Waals surface area (Å²) in [6.45, 7) is 5.24. The number of carbonyl (C=O) groups is 2. The summed E-state index contributed by atoms with van der Waals surface area (Å²) in [4.78, 5) is 24.1. The molecule has 2 rings (SSSR count). The second-order valence-electron chi connectivity index (χ2n) is 6.36. The van der Waals surface area contributed by atoms with Crippen LogP contribution in [0.2, 0.25) is 5.02 Å². The van der Waals surface area contributed by atoms with Crippen LogP contribution in [0.5, 0.6) is 0 Å². The molecule has 2 aromatic carbocycles. The van der Waals surface area contributed by atoms with Crippen molar-refractivity contribution >= 4 is 33.4 Å². The van der Waals surface area contributed by atoms with Crippen molar-refractivity contribution in [2.24, 2.45) is 0 Å². The molecule has 0 aliphatic heterocycles. The van der Waals surface area contributed by atoms with Gasteiger partial charge in [0.2, 0.25) is 15.9 Å². The van der Waals surface area contributed by atoms with Crippen LogP contribution in [0.4, 0.5) is 0 Å². The lowest BCUT2D eigenvalue weighted by Crippen LogP contribution is -2.43. The zero-order chi connectivity index (χ0) is 20.9. The average Bonchev–Trinajstić information content (AvgIpc) is 2.58. The molecule has 2 aromatic rings. The minimum Gasteiger partial charge on any atom is -0.273 e. The fourth-order valence-corrected chi connectivity index (χ4v) is 4.57. The molecule has 0 fully saturated rings. The van der Waals surface area contributed by atoms with E-state index in [2.05, 4.69) is 15.6 Å². The van der Waals surface area contributed by atoms with E-state index in [9.17, 15) is 18.0 Å². The predicted octanol–water partition coefficient (Wildman–Crippen LogP) is 2.39. The number of amides is 2. The van der Waals surface area contributed by atoms with E-state index in [0.717, 1.165) is 5.56 Å². The van der Waals surface area contributed by atoms with Gasteiger partial charge in [-0.05, 0) is 44.0 Å². The molecule has 0 radical (unpaired) electrons. The van der Waals surface area contributed by atoms with Crippen LogP contribution >= 0.6 is 11.6 Å². The number of nitrogens with one attached hydrogen (secondary N) is 3. The van der Waals surface area contributed by atoms with Crippen molar-refractivity contribution in [3.8, 4) is 0 Å². The molecule has 0 heterocycles. The highest BCUT2D eigenvalue weighted by molar-refractivity contribution is 7.89. The van der Waals surface area contributed by atoms with Crippen LogP contribution in [0, 0.1) is 20.8 Å². The van der Waals surface area contributed by atoms with Crippen molar-refractivity contribution in [1.29, 1.82) is 0 Å². The topological polar surface area (TPSA) is 104 Å². The average molecular weight is 424 g/mol. The Hall–Kier alpha value is -2.42. The van der Waals surface area contributed by atoms with Crippen LogP contribution in [0.3, 0.4) is 0 Å². The van der Waals surface area contributed by atoms with Gasteiger partial charge >= 0.3 is 0 Å². The van der Waals surface area contributed by atoms with Crippen molar-refractivity contribution in [1.82, 2.24) is 15.6 Å². The van der Waals surface area contributed by atoms with Crippen molar-refractivity contribution < 1.29 is 18.0 Å². The van der Waals surface area contributed by atoms with Gasteiger partial charge in [0, 0.05) is 13.0 Å². The van der Waals surface area contributed by atoms with Crippen molar-refractivity contribution in [2.75, 3.05) is 6.54 Å². The second-order valence-corrected chi connectivity index (χ2v) is 8.47. The molecule has 0 spiro atoms. The highest BCUT2D eigenvalue weighted by Crippen LogP contribution is 2.21. The summed E-state index contributed by atoms with van der Waals surface area (Å²) in [5.41, 5.74) is 6.95. The Morgan fingerprint density at radius 2 is 1.61 bits per heavy atom. The first-order valence-electron chi connectivity index (χ1n) is 8.53. The number of aryl methyl sites for hydroxylation is 3. The van der Waals surface area contributed by atoms with Crippen molar-refractivity contribution in [2.45, 2.75) is 32.1 Å². The van der Waals surface area contributed by atoms with Gasteiger partial charge in [-0.15, -0.1) is 0 Å². The van der Waals surface area contributed by atoms with E-state index in [1.807, 2.05) is 6.92 Å². The Kier molecular flexibility index (Phi) is 7.17. The number of benzene rings is 2. The van der Waals surface area contributed by atoms with E-state index >= 15 is 0 Å². The third kappa shape index (κ3) is 5.54. The van der Waals surface area contributed by atoms with Crippen LogP contribution in [0.1, 0.15) is 33.5 Å². The molecule has 0 saturated carbocycles. The Morgan fingerprint density at radius 1 is 1.00 bits per heavy atom. The van der Waals surface area contributed by atoms with Gasteiger partial charge in [0.05, 0.1) is 15.5 Å². The predicted molar refractivity (Wildman–Crippen MR) is 108 cm³/mol. The summed E-state index contributed by atoms with van der Waals surface area (Å²) < 4.78 is 27.5. The maximum Gasteiger partial charge on any atom is 0.271 e. The molecular weight excluding hydrogens is 402 g/mol. The monoisotopic (exact) mass is 423 g/mol. The molecule has 2 amide bonds. The van der Waals surface area contributed by atoms with Gasteiger partial charge in [0.25, 0.3) is 5.91 Å². The maximum atomic E-state index is 12.5. The number of sulfonamides is 1. The van der Waals surface area contributed by atoms with Crippen LogP contribution in [-0.2, 0) is 14.8 Å². The minimum atomic E-state index is -3.75. The molecule has 9 heteroatoms. The van der Waals surface area contributed by atoms with Gasteiger partial charge in [-0.25, -0.2) is 13.1 Å². The molecule has 150 valence electrons. The van der Waals surface area contributed by atoms with Crippen LogP contribution in [-0.4, -0.2) is 26.8 Å². The zero-order valence-corrected chi connectivity index (χ0v) is 17.4. The molecule has 0 saturated heterocycles. The van der Waals surface area contributed by atoms with Crippen LogP contribution < -0.4 is 15.6 Å². The lowest BCUT2D eigenvalue weighted by atomic mass is 10.1. The number of hydrogen-bond donors (Lipinski definition) is 3. The fourth-order valence-electron chi connectivity index (χ4n) is 2.86. The van der Waals surface area contributed by atoms with E-state index < -0.39 is 21.8 Å². The number of halogens is 1. The fraction of sp³-hybridized carbons (Fsp3) is 0.263. The standard InChI is InChI=1S/C19H22ClN3O4S/c1-12-10-13(2)18(14(3)11-12)28(26,27)21-9-8-17(24)22-23-19(25)15-6-4-5-7-16(15)20/h4-7,10-11,21H,8-9H2,1-3H3,(H,22,24)(H,23,25). The normalized spacial score (nSPS) is 11.1. The summed E-state index contributed by atoms with van der Waals surface area (Å²) in [7, 11) is -3.75. The lowest BCUT2D eigenvalue weighted by Gasteiger charge is -2.13. The zero-order valence-electron chi connectivity index (χ0n) is 15.8. The molecule has 0 unspecified atom stereocenters. The van der Waals surface area contributed by atoms with Gasteiger partial charge in [0.1, 0.15) is 0 Å². The van der Waals surface area contributed by atoms with E-state index in [-0.39, 0.29) is 28.4 Å². The molecule has 0 bridgehead atoms.